The zero-order valence-corrected chi connectivity index (χ0v) is 15.1. The number of rotatable bonds is 7. The van der Waals surface area contributed by atoms with Gasteiger partial charge in [0.25, 0.3) is 0 Å². The molecule has 25 heavy (non-hydrogen) atoms. The standard InChI is InChI=1S/C19H22N2O3S/c1-14(2)11-13-24-17-7-5-15(6-8-17)20-19(25)21-18(22)10-9-16-4-3-12-23-16/h3-10,12,14H,11,13H2,1-2H3,(H2,20,21,22,25)/b10-9+. The summed E-state index contributed by atoms with van der Waals surface area (Å²) in [4.78, 5) is 11.8. The molecular formula is C19H22N2O3S. The van der Waals surface area contributed by atoms with Gasteiger partial charge in [-0.05, 0) is 67.0 Å². The van der Waals surface area contributed by atoms with E-state index in [0.717, 1.165) is 17.9 Å². The Labute approximate surface area is 153 Å². The van der Waals surface area contributed by atoms with Gasteiger partial charge in [0.2, 0.25) is 5.91 Å². The van der Waals surface area contributed by atoms with Gasteiger partial charge in [-0.15, -0.1) is 0 Å². The number of carbonyl (C=O) groups excluding carboxylic acids is 1. The quantitative estimate of drug-likeness (QED) is 0.573. The Kier molecular flexibility index (Phi) is 7.22. The number of carbonyl (C=O) groups is 1. The van der Waals surface area contributed by atoms with Crippen molar-refractivity contribution in [1.29, 1.82) is 0 Å². The van der Waals surface area contributed by atoms with Crippen LogP contribution in [0.3, 0.4) is 0 Å². The van der Waals surface area contributed by atoms with Gasteiger partial charge in [0.1, 0.15) is 11.5 Å². The molecule has 1 amide bonds. The first-order valence-corrected chi connectivity index (χ1v) is 8.50. The van der Waals surface area contributed by atoms with Crippen LogP contribution in [-0.4, -0.2) is 17.6 Å². The fourth-order valence-corrected chi connectivity index (χ4v) is 2.13. The molecule has 0 fully saturated rings. The zero-order valence-electron chi connectivity index (χ0n) is 14.3. The van der Waals surface area contributed by atoms with Gasteiger partial charge in [-0.1, -0.05) is 13.8 Å². The summed E-state index contributed by atoms with van der Waals surface area (Å²) in [5.74, 6) is 1.69. The number of hydrogen-bond donors (Lipinski definition) is 2. The lowest BCUT2D eigenvalue weighted by molar-refractivity contribution is -0.115. The maximum atomic E-state index is 11.8. The van der Waals surface area contributed by atoms with Gasteiger partial charge >= 0.3 is 0 Å². The molecule has 0 spiro atoms. The Balaban J connectivity index is 1.77. The number of furan rings is 1. The van der Waals surface area contributed by atoms with Crippen molar-refractivity contribution in [1.82, 2.24) is 5.32 Å². The molecule has 0 saturated carbocycles. The Hall–Kier alpha value is -2.60. The van der Waals surface area contributed by atoms with Crippen LogP contribution in [0.25, 0.3) is 6.08 Å². The maximum absolute atomic E-state index is 11.8. The molecule has 1 aromatic heterocycles. The minimum Gasteiger partial charge on any atom is -0.494 e. The molecule has 1 aromatic carbocycles. The van der Waals surface area contributed by atoms with Crippen LogP contribution in [0.15, 0.2) is 53.2 Å². The third-order valence-corrected chi connectivity index (χ3v) is 3.46. The van der Waals surface area contributed by atoms with E-state index >= 15 is 0 Å². The Morgan fingerprint density at radius 2 is 2.04 bits per heavy atom. The molecule has 2 aromatic rings. The first-order chi connectivity index (χ1) is 12.0. The van der Waals surface area contributed by atoms with Crippen molar-refractivity contribution in [2.24, 2.45) is 5.92 Å². The van der Waals surface area contributed by atoms with Gasteiger partial charge in [-0.2, -0.15) is 0 Å². The average Bonchev–Trinajstić information content (AvgIpc) is 3.07. The van der Waals surface area contributed by atoms with Gasteiger partial charge in [0.15, 0.2) is 5.11 Å². The first kappa shape index (κ1) is 18.7. The lowest BCUT2D eigenvalue weighted by Gasteiger charge is -2.10. The summed E-state index contributed by atoms with van der Waals surface area (Å²) in [6, 6.07) is 10.9. The van der Waals surface area contributed by atoms with Crippen molar-refractivity contribution in [2.45, 2.75) is 20.3 Å². The minimum absolute atomic E-state index is 0.225. The van der Waals surface area contributed by atoms with E-state index in [4.69, 9.17) is 21.4 Å². The highest BCUT2D eigenvalue weighted by atomic mass is 32.1. The topological polar surface area (TPSA) is 63.5 Å². The molecular weight excluding hydrogens is 336 g/mol. The number of amides is 1. The van der Waals surface area contributed by atoms with Crippen LogP contribution in [0, 0.1) is 5.92 Å². The number of thiocarbonyl (C=S) groups is 1. The van der Waals surface area contributed by atoms with Gasteiger partial charge in [0.05, 0.1) is 12.9 Å². The van der Waals surface area contributed by atoms with Crippen molar-refractivity contribution in [3.05, 3.63) is 54.5 Å². The largest absolute Gasteiger partial charge is 0.494 e. The summed E-state index contributed by atoms with van der Waals surface area (Å²) >= 11 is 5.13. The van der Waals surface area contributed by atoms with E-state index in [2.05, 4.69) is 24.5 Å². The molecule has 2 N–H and O–H groups in total. The maximum Gasteiger partial charge on any atom is 0.250 e. The lowest BCUT2D eigenvalue weighted by Crippen LogP contribution is -2.32. The second kappa shape index (κ2) is 9.64. The molecule has 2 rings (SSSR count). The summed E-state index contributed by atoms with van der Waals surface area (Å²) in [5.41, 5.74) is 0.775. The van der Waals surface area contributed by atoms with E-state index in [1.165, 1.54) is 6.08 Å². The summed E-state index contributed by atoms with van der Waals surface area (Å²) in [7, 11) is 0. The van der Waals surface area contributed by atoms with E-state index in [9.17, 15) is 4.79 Å². The molecule has 0 radical (unpaired) electrons. The van der Waals surface area contributed by atoms with Crippen LogP contribution in [0.4, 0.5) is 5.69 Å². The predicted molar refractivity (Wildman–Crippen MR) is 103 cm³/mol. The van der Waals surface area contributed by atoms with Crippen molar-refractivity contribution in [3.63, 3.8) is 0 Å². The second-order valence-corrected chi connectivity index (χ2v) is 6.26. The number of benzene rings is 1. The van der Waals surface area contributed by atoms with Crippen LogP contribution >= 0.6 is 12.2 Å². The molecule has 132 valence electrons. The van der Waals surface area contributed by atoms with Gasteiger partial charge in [-0.3, -0.25) is 10.1 Å². The summed E-state index contributed by atoms with van der Waals surface area (Å²) in [6.45, 7) is 5.02. The molecule has 0 bridgehead atoms. The van der Waals surface area contributed by atoms with Gasteiger partial charge < -0.3 is 14.5 Å². The number of nitrogens with one attached hydrogen (secondary N) is 2. The number of hydrogen-bond acceptors (Lipinski definition) is 4. The highest BCUT2D eigenvalue weighted by Crippen LogP contribution is 2.16. The average molecular weight is 358 g/mol. The van der Waals surface area contributed by atoms with Crippen LogP contribution < -0.4 is 15.4 Å². The first-order valence-electron chi connectivity index (χ1n) is 8.09. The van der Waals surface area contributed by atoms with Crippen molar-refractivity contribution in [3.8, 4) is 5.75 Å². The van der Waals surface area contributed by atoms with E-state index in [-0.39, 0.29) is 11.0 Å². The normalized spacial score (nSPS) is 10.8. The molecule has 0 aliphatic carbocycles. The SMILES string of the molecule is CC(C)CCOc1ccc(NC(=S)NC(=O)/C=C/c2ccco2)cc1. The molecule has 1 heterocycles. The Morgan fingerprint density at radius 3 is 2.68 bits per heavy atom. The minimum atomic E-state index is -0.331. The highest BCUT2D eigenvalue weighted by Gasteiger charge is 2.03. The fraction of sp³-hybridized carbons (Fsp3) is 0.263. The monoisotopic (exact) mass is 358 g/mol. The fourth-order valence-electron chi connectivity index (χ4n) is 1.91. The Bertz CT molecular complexity index is 707. The predicted octanol–water partition coefficient (Wildman–Crippen LogP) is 4.23. The molecule has 0 aliphatic heterocycles. The smallest absolute Gasteiger partial charge is 0.250 e. The summed E-state index contributed by atoms with van der Waals surface area (Å²) in [6.07, 6.45) is 5.49. The lowest BCUT2D eigenvalue weighted by atomic mass is 10.1. The molecule has 0 saturated heterocycles. The third-order valence-electron chi connectivity index (χ3n) is 3.26. The number of anilines is 1. The molecule has 6 heteroatoms. The van der Waals surface area contributed by atoms with E-state index in [1.807, 2.05) is 24.3 Å². The van der Waals surface area contributed by atoms with E-state index in [1.54, 1.807) is 24.5 Å². The van der Waals surface area contributed by atoms with Crippen LogP contribution in [-0.2, 0) is 4.79 Å². The summed E-state index contributed by atoms with van der Waals surface area (Å²) in [5, 5.41) is 5.75. The van der Waals surface area contributed by atoms with Gasteiger partial charge in [0, 0.05) is 11.8 Å². The van der Waals surface area contributed by atoms with Crippen LogP contribution in [0.5, 0.6) is 5.75 Å². The molecule has 5 nitrogen and oxygen atoms in total. The van der Waals surface area contributed by atoms with Crippen LogP contribution in [0.1, 0.15) is 26.0 Å². The third kappa shape index (κ3) is 7.22. The second-order valence-electron chi connectivity index (χ2n) is 5.85. The zero-order chi connectivity index (χ0) is 18.1. The molecule has 0 atom stereocenters. The Morgan fingerprint density at radius 1 is 1.28 bits per heavy atom. The molecule has 0 aliphatic rings. The van der Waals surface area contributed by atoms with Crippen molar-refractivity contribution >= 4 is 35.0 Å². The van der Waals surface area contributed by atoms with E-state index < -0.39 is 0 Å². The molecule has 0 unspecified atom stereocenters. The van der Waals surface area contributed by atoms with Crippen molar-refractivity contribution < 1.29 is 13.9 Å². The highest BCUT2D eigenvalue weighted by molar-refractivity contribution is 7.80. The summed E-state index contributed by atoms with van der Waals surface area (Å²) < 4.78 is 10.8. The van der Waals surface area contributed by atoms with Crippen molar-refractivity contribution in [2.75, 3.05) is 11.9 Å². The van der Waals surface area contributed by atoms with Gasteiger partial charge in [-0.25, -0.2) is 0 Å². The number of ether oxygens (including phenoxy) is 1. The van der Waals surface area contributed by atoms with Crippen LogP contribution in [0.2, 0.25) is 0 Å². The van der Waals surface area contributed by atoms with E-state index in [0.29, 0.717) is 18.3 Å².